The molecule has 0 aliphatic carbocycles. The van der Waals surface area contributed by atoms with E-state index in [-0.39, 0.29) is 11.8 Å². The van der Waals surface area contributed by atoms with Crippen LogP contribution in [0, 0.1) is 13.8 Å². The fourth-order valence-corrected chi connectivity index (χ4v) is 2.99. The highest BCUT2D eigenvalue weighted by Crippen LogP contribution is 2.25. The topological polar surface area (TPSA) is 114 Å². The average Bonchev–Trinajstić information content (AvgIpc) is 2.80. The molecule has 0 aliphatic heterocycles. The Bertz CT molecular complexity index is 1140. The first-order chi connectivity index (χ1) is 15.3. The molecule has 2 aromatic carbocycles. The zero-order valence-corrected chi connectivity index (χ0v) is 18.6. The third-order valence-corrected chi connectivity index (χ3v) is 4.75. The highest BCUT2D eigenvalue weighted by molar-refractivity contribution is 6.08. The van der Waals surface area contributed by atoms with Crippen molar-refractivity contribution in [2.24, 2.45) is 0 Å². The van der Waals surface area contributed by atoms with Crippen LogP contribution in [0.3, 0.4) is 0 Å². The molecular weight excluding hydrogens is 410 g/mol. The van der Waals surface area contributed by atoms with Crippen LogP contribution in [0.4, 0.5) is 17.2 Å². The van der Waals surface area contributed by atoms with Gasteiger partial charge in [-0.3, -0.25) is 9.59 Å². The first-order valence-corrected chi connectivity index (χ1v) is 9.82. The largest absolute Gasteiger partial charge is 0.497 e. The van der Waals surface area contributed by atoms with E-state index in [0.29, 0.717) is 45.6 Å². The number of benzene rings is 2. The molecule has 32 heavy (non-hydrogen) atoms. The van der Waals surface area contributed by atoms with Gasteiger partial charge in [-0.1, -0.05) is 6.07 Å². The fraction of sp³-hybridized carbons (Fsp3) is 0.217. The van der Waals surface area contributed by atoms with Crippen molar-refractivity contribution < 1.29 is 19.1 Å². The molecule has 3 N–H and O–H groups in total. The number of carbonyl (C=O) groups excluding carboxylic acids is 2. The molecule has 0 saturated carbocycles. The van der Waals surface area contributed by atoms with Gasteiger partial charge in [-0.15, -0.1) is 0 Å². The molecule has 0 aliphatic rings. The van der Waals surface area contributed by atoms with Crippen LogP contribution in [-0.4, -0.2) is 43.0 Å². The summed E-state index contributed by atoms with van der Waals surface area (Å²) < 4.78 is 10.4. The van der Waals surface area contributed by atoms with Crippen LogP contribution in [0.1, 0.15) is 32.1 Å². The molecule has 0 fully saturated rings. The second kappa shape index (κ2) is 9.78. The Kier molecular flexibility index (Phi) is 6.89. The molecule has 0 unspecified atom stereocenters. The highest BCUT2D eigenvalue weighted by Gasteiger charge is 2.16. The molecule has 166 valence electrons. The first-order valence-electron chi connectivity index (χ1n) is 9.82. The maximum atomic E-state index is 12.8. The molecule has 9 nitrogen and oxygen atoms in total. The summed E-state index contributed by atoms with van der Waals surface area (Å²) >= 11 is 0. The van der Waals surface area contributed by atoms with Gasteiger partial charge in [-0.2, -0.15) is 0 Å². The van der Waals surface area contributed by atoms with Crippen LogP contribution in [0.25, 0.3) is 0 Å². The molecule has 2 amide bonds. The third-order valence-electron chi connectivity index (χ3n) is 4.75. The lowest BCUT2D eigenvalue weighted by Crippen LogP contribution is -2.17. The summed E-state index contributed by atoms with van der Waals surface area (Å²) in [4.78, 5) is 33.9. The van der Waals surface area contributed by atoms with Crippen LogP contribution < -0.4 is 25.4 Å². The maximum absolute atomic E-state index is 12.8. The Morgan fingerprint density at radius 1 is 0.906 bits per heavy atom. The Hall–Kier alpha value is -4.14. The number of aromatic nitrogens is 2. The number of nitrogens with one attached hydrogen (secondary N) is 3. The lowest BCUT2D eigenvalue weighted by molar-refractivity contribution is 0.101. The predicted molar refractivity (Wildman–Crippen MR) is 123 cm³/mol. The number of hydrogen-bond donors (Lipinski definition) is 3. The normalized spacial score (nSPS) is 10.3. The van der Waals surface area contributed by atoms with Crippen molar-refractivity contribution in [2.45, 2.75) is 13.8 Å². The second-order valence-electron chi connectivity index (χ2n) is 6.97. The molecule has 0 radical (unpaired) electrons. The molecular formula is C23H25N5O4. The third kappa shape index (κ3) is 5.12. The predicted octanol–water partition coefficient (Wildman–Crippen LogP) is 3.66. The maximum Gasteiger partial charge on any atom is 0.261 e. The number of aryl methyl sites for hydroxylation is 2. The Labute approximate surface area is 186 Å². The SMILES string of the molecule is CNc1nc(C)ncc1C(=O)Nc1cc(NC(=O)c2cc(OC)cc(OC)c2)ccc1C. The molecule has 9 heteroatoms. The zero-order chi connectivity index (χ0) is 23.3. The lowest BCUT2D eigenvalue weighted by atomic mass is 10.1. The van der Waals surface area contributed by atoms with E-state index < -0.39 is 0 Å². The van der Waals surface area contributed by atoms with Crippen molar-refractivity contribution in [1.29, 1.82) is 0 Å². The number of nitrogens with zero attached hydrogens (tertiary/aromatic N) is 2. The van der Waals surface area contributed by atoms with Gasteiger partial charge in [0.25, 0.3) is 11.8 Å². The molecule has 1 heterocycles. The van der Waals surface area contributed by atoms with Gasteiger partial charge in [0.1, 0.15) is 28.7 Å². The van der Waals surface area contributed by atoms with E-state index in [4.69, 9.17) is 9.47 Å². The van der Waals surface area contributed by atoms with E-state index in [2.05, 4.69) is 25.9 Å². The van der Waals surface area contributed by atoms with Gasteiger partial charge in [-0.05, 0) is 43.7 Å². The molecule has 3 aromatic rings. The van der Waals surface area contributed by atoms with Crippen LogP contribution in [0.5, 0.6) is 11.5 Å². The molecule has 3 rings (SSSR count). The minimum Gasteiger partial charge on any atom is -0.497 e. The fourth-order valence-electron chi connectivity index (χ4n) is 2.99. The molecule has 0 spiro atoms. The van der Waals surface area contributed by atoms with Crippen LogP contribution in [-0.2, 0) is 0 Å². The summed E-state index contributed by atoms with van der Waals surface area (Å²) in [7, 11) is 4.72. The summed E-state index contributed by atoms with van der Waals surface area (Å²) in [6, 6.07) is 10.2. The molecule has 0 saturated heterocycles. The monoisotopic (exact) mass is 435 g/mol. The van der Waals surface area contributed by atoms with Crippen LogP contribution >= 0.6 is 0 Å². The van der Waals surface area contributed by atoms with Crippen molar-refractivity contribution >= 4 is 29.0 Å². The van der Waals surface area contributed by atoms with E-state index in [1.165, 1.54) is 20.4 Å². The molecule has 0 bridgehead atoms. The lowest BCUT2D eigenvalue weighted by Gasteiger charge is -2.13. The van der Waals surface area contributed by atoms with Gasteiger partial charge in [0, 0.05) is 36.2 Å². The van der Waals surface area contributed by atoms with E-state index in [1.54, 1.807) is 44.3 Å². The van der Waals surface area contributed by atoms with Gasteiger partial charge in [0.15, 0.2) is 0 Å². The Morgan fingerprint density at radius 3 is 2.22 bits per heavy atom. The highest BCUT2D eigenvalue weighted by atomic mass is 16.5. The van der Waals surface area contributed by atoms with Crippen molar-refractivity contribution in [3.8, 4) is 11.5 Å². The summed E-state index contributed by atoms with van der Waals surface area (Å²) in [6.07, 6.45) is 1.47. The van der Waals surface area contributed by atoms with E-state index in [0.717, 1.165) is 5.56 Å². The van der Waals surface area contributed by atoms with Crippen molar-refractivity contribution in [1.82, 2.24) is 9.97 Å². The number of methoxy groups -OCH3 is 2. The molecule has 0 atom stereocenters. The zero-order valence-electron chi connectivity index (χ0n) is 18.6. The molecule has 1 aromatic heterocycles. The number of rotatable bonds is 7. The summed E-state index contributed by atoms with van der Waals surface area (Å²) in [5.74, 6) is 1.30. The van der Waals surface area contributed by atoms with E-state index in [1.807, 2.05) is 13.0 Å². The van der Waals surface area contributed by atoms with Crippen LogP contribution in [0.2, 0.25) is 0 Å². The second-order valence-corrected chi connectivity index (χ2v) is 6.97. The number of hydrogen-bond acceptors (Lipinski definition) is 7. The first kappa shape index (κ1) is 22.5. The summed E-state index contributed by atoms with van der Waals surface area (Å²) in [5.41, 5.74) is 2.60. The Balaban J connectivity index is 1.82. The van der Waals surface area contributed by atoms with Gasteiger partial charge in [-0.25, -0.2) is 9.97 Å². The van der Waals surface area contributed by atoms with Crippen molar-refractivity contribution in [3.63, 3.8) is 0 Å². The summed E-state index contributed by atoms with van der Waals surface area (Å²) in [5, 5.41) is 8.60. The number of anilines is 3. The van der Waals surface area contributed by atoms with Gasteiger partial charge >= 0.3 is 0 Å². The van der Waals surface area contributed by atoms with Crippen molar-refractivity contribution in [3.05, 3.63) is 65.1 Å². The van der Waals surface area contributed by atoms with E-state index in [9.17, 15) is 9.59 Å². The summed E-state index contributed by atoms with van der Waals surface area (Å²) in [6.45, 7) is 3.61. The van der Waals surface area contributed by atoms with Gasteiger partial charge in [0.2, 0.25) is 0 Å². The van der Waals surface area contributed by atoms with Crippen molar-refractivity contribution in [2.75, 3.05) is 37.2 Å². The standard InChI is InChI=1S/C23H25N5O4/c1-13-6-7-16(27-22(29)15-8-17(31-4)11-18(9-15)32-5)10-20(13)28-23(30)19-12-25-14(2)26-21(19)24-3/h6-12H,1-5H3,(H,27,29)(H,28,30)(H,24,25,26). The van der Waals surface area contributed by atoms with Crippen LogP contribution in [0.15, 0.2) is 42.6 Å². The van der Waals surface area contributed by atoms with Gasteiger partial charge < -0.3 is 25.4 Å². The number of carbonyl (C=O) groups is 2. The average molecular weight is 435 g/mol. The van der Waals surface area contributed by atoms with Gasteiger partial charge in [0.05, 0.1) is 14.2 Å². The Morgan fingerprint density at radius 2 is 1.59 bits per heavy atom. The quantitative estimate of drug-likeness (QED) is 0.519. The smallest absolute Gasteiger partial charge is 0.261 e. The minimum absolute atomic E-state index is 0.315. The van der Waals surface area contributed by atoms with E-state index >= 15 is 0 Å². The number of ether oxygens (including phenoxy) is 2. The number of amides is 2. The minimum atomic E-state index is -0.363.